The predicted molar refractivity (Wildman–Crippen MR) is 83.2 cm³/mol. The van der Waals surface area contributed by atoms with Crippen molar-refractivity contribution in [2.24, 2.45) is 0 Å². The van der Waals surface area contributed by atoms with Crippen LogP contribution < -0.4 is 4.74 Å². The standard InChI is InChI=1S/C16H22ClNO3/c1-11(2)21-14-6-4-13(5-7-14)16(19)18-9-15(8-17)20-10-12(18)3/h4-7,11-12,15H,8-10H2,1-3H3. The van der Waals surface area contributed by atoms with Crippen molar-refractivity contribution in [3.8, 4) is 5.75 Å². The van der Waals surface area contributed by atoms with Crippen molar-refractivity contribution in [1.82, 2.24) is 4.90 Å². The number of nitrogens with zero attached hydrogens (tertiary/aromatic N) is 1. The van der Waals surface area contributed by atoms with Crippen LogP contribution in [-0.2, 0) is 4.74 Å². The molecular weight excluding hydrogens is 290 g/mol. The Bertz CT molecular complexity index is 475. The zero-order valence-electron chi connectivity index (χ0n) is 12.7. The van der Waals surface area contributed by atoms with E-state index in [1.165, 1.54) is 0 Å². The second-order valence-corrected chi connectivity index (χ2v) is 5.92. The van der Waals surface area contributed by atoms with Crippen LogP contribution in [0.25, 0.3) is 0 Å². The smallest absolute Gasteiger partial charge is 0.254 e. The van der Waals surface area contributed by atoms with Gasteiger partial charge in [0.15, 0.2) is 0 Å². The van der Waals surface area contributed by atoms with Crippen molar-refractivity contribution in [3.05, 3.63) is 29.8 Å². The van der Waals surface area contributed by atoms with E-state index in [1.54, 1.807) is 12.1 Å². The molecule has 1 aliphatic heterocycles. The van der Waals surface area contributed by atoms with Crippen LogP contribution in [0.4, 0.5) is 0 Å². The number of amides is 1. The van der Waals surface area contributed by atoms with Crippen LogP contribution in [0.3, 0.4) is 0 Å². The lowest BCUT2D eigenvalue weighted by atomic mass is 10.1. The van der Waals surface area contributed by atoms with Gasteiger partial charge in [0.2, 0.25) is 0 Å². The number of alkyl halides is 1. The molecule has 0 saturated carbocycles. The van der Waals surface area contributed by atoms with Crippen LogP contribution in [-0.4, -0.2) is 48.1 Å². The molecule has 21 heavy (non-hydrogen) atoms. The molecule has 0 aliphatic carbocycles. The molecule has 1 saturated heterocycles. The first kappa shape index (κ1) is 16.1. The molecule has 0 radical (unpaired) electrons. The first-order valence-corrected chi connectivity index (χ1v) is 7.80. The normalized spacial score (nSPS) is 22.4. The van der Waals surface area contributed by atoms with E-state index in [-0.39, 0.29) is 24.2 Å². The Morgan fingerprint density at radius 3 is 2.67 bits per heavy atom. The maximum Gasteiger partial charge on any atom is 0.254 e. The van der Waals surface area contributed by atoms with Gasteiger partial charge in [-0.05, 0) is 45.0 Å². The maximum atomic E-state index is 12.6. The van der Waals surface area contributed by atoms with Gasteiger partial charge in [0.05, 0.1) is 30.7 Å². The number of halogens is 1. The van der Waals surface area contributed by atoms with Gasteiger partial charge in [-0.15, -0.1) is 11.6 Å². The van der Waals surface area contributed by atoms with Gasteiger partial charge < -0.3 is 14.4 Å². The molecule has 2 rings (SSSR count). The summed E-state index contributed by atoms with van der Waals surface area (Å²) in [7, 11) is 0. The largest absolute Gasteiger partial charge is 0.491 e. The molecule has 116 valence electrons. The van der Waals surface area contributed by atoms with Gasteiger partial charge in [0, 0.05) is 12.1 Å². The molecule has 0 N–H and O–H groups in total. The minimum Gasteiger partial charge on any atom is -0.491 e. The molecule has 1 aromatic rings. The topological polar surface area (TPSA) is 38.8 Å². The molecule has 5 heteroatoms. The molecule has 1 aromatic carbocycles. The van der Waals surface area contributed by atoms with Gasteiger partial charge in [-0.2, -0.15) is 0 Å². The fourth-order valence-corrected chi connectivity index (χ4v) is 2.49. The lowest BCUT2D eigenvalue weighted by Gasteiger charge is -2.37. The number of carbonyl (C=O) groups is 1. The molecule has 1 heterocycles. The summed E-state index contributed by atoms with van der Waals surface area (Å²) in [4.78, 5) is 14.4. The molecule has 1 amide bonds. The van der Waals surface area contributed by atoms with E-state index in [1.807, 2.05) is 37.8 Å². The number of hydrogen-bond donors (Lipinski definition) is 0. The lowest BCUT2D eigenvalue weighted by Crippen LogP contribution is -2.51. The first-order chi connectivity index (χ1) is 10.0. The Balaban J connectivity index is 2.07. The van der Waals surface area contributed by atoms with Gasteiger partial charge in [-0.25, -0.2) is 0 Å². The molecule has 0 spiro atoms. The van der Waals surface area contributed by atoms with Gasteiger partial charge in [-0.3, -0.25) is 4.79 Å². The Labute approximate surface area is 131 Å². The van der Waals surface area contributed by atoms with E-state index in [4.69, 9.17) is 21.1 Å². The number of hydrogen-bond acceptors (Lipinski definition) is 3. The summed E-state index contributed by atoms with van der Waals surface area (Å²) in [6, 6.07) is 7.33. The zero-order chi connectivity index (χ0) is 15.4. The molecule has 4 nitrogen and oxygen atoms in total. The highest BCUT2D eigenvalue weighted by Crippen LogP contribution is 2.19. The summed E-state index contributed by atoms with van der Waals surface area (Å²) < 4.78 is 11.2. The second-order valence-electron chi connectivity index (χ2n) is 5.61. The Morgan fingerprint density at radius 1 is 1.43 bits per heavy atom. The van der Waals surface area contributed by atoms with E-state index in [0.717, 1.165) is 5.75 Å². The van der Waals surface area contributed by atoms with Crippen molar-refractivity contribution in [2.45, 2.75) is 39.0 Å². The number of ether oxygens (including phenoxy) is 2. The minimum absolute atomic E-state index is 0.0111. The lowest BCUT2D eigenvalue weighted by molar-refractivity contribution is -0.0371. The van der Waals surface area contributed by atoms with E-state index in [2.05, 4.69) is 0 Å². The minimum atomic E-state index is -0.0876. The summed E-state index contributed by atoms with van der Waals surface area (Å²) >= 11 is 5.83. The number of carbonyl (C=O) groups excluding carboxylic acids is 1. The van der Waals surface area contributed by atoms with Crippen molar-refractivity contribution in [3.63, 3.8) is 0 Å². The van der Waals surface area contributed by atoms with Crippen LogP contribution >= 0.6 is 11.6 Å². The predicted octanol–water partition coefficient (Wildman–Crippen LogP) is 2.94. The summed E-state index contributed by atoms with van der Waals surface area (Å²) in [6.07, 6.45) is 0.0330. The van der Waals surface area contributed by atoms with Crippen molar-refractivity contribution in [1.29, 1.82) is 0 Å². The van der Waals surface area contributed by atoms with Crippen molar-refractivity contribution < 1.29 is 14.3 Å². The maximum absolute atomic E-state index is 12.6. The summed E-state index contributed by atoms with van der Waals surface area (Å²) in [5.41, 5.74) is 0.660. The highest BCUT2D eigenvalue weighted by Gasteiger charge is 2.29. The number of rotatable bonds is 4. The van der Waals surface area contributed by atoms with Gasteiger partial charge in [0.25, 0.3) is 5.91 Å². The highest BCUT2D eigenvalue weighted by atomic mass is 35.5. The highest BCUT2D eigenvalue weighted by molar-refractivity contribution is 6.18. The quantitative estimate of drug-likeness (QED) is 0.803. The average molecular weight is 312 g/mol. The number of morpholine rings is 1. The Hall–Kier alpha value is -1.26. The molecular formula is C16H22ClNO3. The molecule has 2 atom stereocenters. The molecule has 0 bridgehead atoms. The van der Waals surface area contributed by atoms with Crippen LogP contribution in [0.5, 0.6) is 5.75 Å². The van der Waals surface area contributed by atoms with Crippen LogP contribution in [0.15, 0.2) is 24.3 Å². The van der Waals surface area contributed by atoms with Gasteiger partial charge in [-0.1, -0.05) is 0 Å². The average Bonchev–Trinajstić information content (AvgIpc) is 2.47. The molecule has 2 unspecified atom stereocenters. The Morgan fingerprint density at radius 2 is 2.10 bits per heavy atom. The third-order valence-electron chi connectivity index (χ3n) is 3.41. The third kappa shape index (κ3) is 4.11. The molecule has 1 fully saturated rings. The SMILES string of the molecule is CC(C)Oc1ccc(C(=O)N2CC(CCl)OCC2C)cc1. The van der Waals surface area contributed by atoms with E-state index in [0.29, 0.717) is 24.6 Å². The summed E-state index contributed by atoms with van der Waals surface area (Å²) in [5, 5.41) is 0. The van der Waals surface area contributed by atoms with E-state index in [9.17, 15) is 4.79 Å². The first-order valence-electron chi connectivity index (χ1n) is 7.26. The summed E-state index contributed by atoms with van der Waals surface area (Å²) in [6.45, 7) is 6.99. The van der Waals surface area contributed by atoms with Gasteiger partial charge >= 0.3 is 0 Å². The van der Waals surface area contributed by atoms with Gasteiger partial charge in [0.1, 0.15) is 5.75 Å². The third-order valence-corrected chi connectivity index (χ3v) is 3.76. The van der Waals surface area contributed by atoms with E-state index >= 15 is 0 Å². The Kier molecular flexibility index (Phi) is 5.48. The van der Waals surface area contributed by atoms with Crippen LogP contribution in [0, 0.1) is 0 Å². The fourth-order valence-electron chi connectivity index (χ4n) is 2.31. The van der Waals surface area contributed by atoms with E-state index < -0.39 is 0 Å². The molecule has 1 aliphatic rings. The summed E-state index contributed by atoms with van der Waals surface area (Å²) in [5.74, 6) is 1.18. The van der Waals surface area contributed by atoms with Crippen molar-refractivity contribution in [2.75, 3.05) is 19.0 Å². The van der Waals surface area contributed by atoms with Crippen molar-refractivity contribution >= 4 is 17.5 Å². The number of benzene rings is 1. The fraction of sp³-hybridized carbons (Fsp3) is 0.562. The molecule has 0 aromatic heterocycles. The second kappa shape index (κ2) is 7.14. The zero-order valence-corrected chi connectivity index (χ0v) is 13.5. The van der Waals surface area contributed by atoms with Crippen LogP contribution in [0.1, 0.15) is 31.1 Å². The van der Waals surface area contributed by atoms with Crippen LogP contribution in [0.2, 0.25) is 0 Å². The monoisotopic (exact) mass is 311 g/mol.